The molecule has 0 radical (unpaired) electrons. The van der Waals surface area contributed by atoms with Crippen LogP contribution in [0.5, 0.6) is 5.75 Å². The van der Waals surface area contributed by atoms with Crippen molar-refractivity contribution in [3.05, 3.63) is 54.6 Å². The third-order valence-corrected chi connectivity index (χ3v) is 5.37. The molecule has 0 aromatic heterocycles. The SMILES string of the molecule is CN(C(=O)CN(C(=O)CN)c1cccc(OCC(=O)OC2CCCC2)c1)c1ccccc1. The number of rotatable bonds is 9. The number of anilines is 2. The summed E-state index contributed by atoms with van der Waals surface area (Å²) in [5.74, 6) is -0.705. The topological polar surface area (TPSA) is 102 Å². The smallest absolute Gasteiger partial charge is 0.344 e. The molecule has 8 nitrogen and oxygen atoms in total. The molecule has 0 atom stereocenters. The van der Waals surface area contributed by atoms with E-state index in [1.165, 1.54) is 9.80 Å². The third-order valence-electron chi connectivity index (χ3n) is 5.37. The van der Waals surface area contributed by atoms with Crippen LogP contribution in [0.1, 0.15) is 25.7 Å². The van der Waals surface area contributed by atoms with Gasteiger partial charge in [0.15, 0.2) is 6.61 Å². The summed E-state index contributed by atoms with van der Waals surface area (Å²) in [7, 11) is 1.65. The molecule has 1 saturated carbocycles. The predicted molar refractivity (Wildman–Crippen MR) is 122 cm³/mol. The molecule has 2 N–H and O–H groups in total. The summed E-state index contributed by atoms with van der Waals surface area (Å²) in [5.41, 5.74) is 6.75. The number of nitrogens with two attached hydrogens (primary N) is 1. The van der Waals surface area contributed by atoms with E-state index < -0.39 is 11.9 Å². The van der Waals surface area contributed by atoms with Crippen LogP contribution in [-0.2, 0) is 19.1 Å². The molecule has 1 aliphatic carbocycles. The van der Waals surface area contributed by atoms with E-state index in [2.05, 4.69) is 0 Å². The van der Waals surface area contributed by atoms with Crippen molar-refractivity contribution in [3.8, 4) is 5.75 Å². The molecule has 2 aromatic carbocycles. The average Bonchev–Trinajstić information content (AvgIpc) is 3.33. The summed E-state index contributed by atoms with van der Waals surface area (Å²) in [6.45, 7) is -0.657. The fraction of sp³-hybridized carbons (Fsp3) is 0.375. The standard InChI is InChI=1S/C24H29N3O5/c1-26(18-8-3-2-4-9-18)23(29)16-27(22(28)15-25)19-10-7-13-21(14-19)31-17-24(30)32-20-11-5-6-12-20/h2-4,7-10,13-14,20H,5-6,11-12,15-17,25H2,1H3. The van der Waals surface area contributed by atoms with Gasteiger partial charge in [-0.3, -0.25) is 9.59 Å². The number of carbonyl (C=O) groups excluding carboxylic acids is 3. The first-order valence-electron chi connectivity index (χ1n) is 10.7. The van der Waals surface area contributed by atoms with Crippen molar-refractivity contribution < 1.29 is 23.9 Å². The lowest BCUT2D eigenvalue weighted by atomic mass is 10.2. The number of hydrogen-bond donors (Lipinski definition) is 1. The van der Waals surface area contributed by atoms with Gasteiger partial charge in [-0.2, -0.15) is 0 Å². The lowest BCUT2D eigenvalue weighted by molar-refractivity contribution is -0.151. The van der Waals surface area contributed by atoms with Crippen LogP contribution < -0.4 is 20.3 Å². The Balaban J connectivity index is 1.66. The van der Waals surface area contributed by atoms with Crippen molar-refractivity contribution in [2.75, 3.05) is 36.5 Å². The number of carbonyl (C=O) groups is 3. The zero-order valence-corrected chi connectivity index (χ0v) is 18.2. The average molecular weight is 440 g/mol. The minimum Gasteiger partial charge on any atom is -0.482 e. The number of esters is 1. The summed E-state index contributed by atoms with van der Waals surface area (Å²) in [6, 6.07) is 15.8. The van der Waals surface area contributed by atoms with E-state index in [9.17, 15) is 14.4 Å². The highest BCUT2D eigenvalue weighted by Crippen LogP contribution is 2.23. The van der Waals surface area contributed by atoms with Gasteiger partial charge in [0.2, 0.25) is 11.8 Å². The molecule has 170 valence electrons. The van der Waals surface area contributed by atoms with Crippen LogP contribution in [0.4, 0.5) is 11.4 Å². The van der Waals surface area contributed by atoms with E-state index in [4.69, 9.17) is 15.2 Å². The van der Waals surface area contributed by atoms with Crippen LogP contribution >= 0.6 is 0 Å². The summed E-state index contributed by atoms with van der Waals surface area (Å²) < 4.78 is 11.0. The molecule has 0 bridgehead atoms. The first-order valence-corrected chi connectivity index (χ1v) is 10.7. The van der Waals surface area contributed by atoms with Crippen LogP contribution in [-0.4, -0.2) is 50.6 Å². The van der Waals surface area contributed by atoms with Crippen LogP contribution in [0.15, 0.2) is 54.6 Å². The van der Waals surface area contributed by atoms with Gasteiger partial charge in [-0.1, -0.05) is 24.3 Å². The van der Waals surface area contributed by atoms with E-state index >= 15 is 0 Å². The minimum absolute atomic E-state index is 0.0253. The quantitative estimate of drug-likeness (QED) is 0.603. The normalized spacial score (nSPS) is 13.4. The Morgan fingerprint density at radius 2 is 1.66 bits per heavy atom. The summed E-state index contributed by atoms with van der Waals surface area (Å²) in [4.78, 5) is 40.1. The van der Waals surface area contributed by atoms with Gasteiger partial charge in [-0.15, -0.1) is 0 Å². The van der Waals surface area contributed by atoms with Gasteiger partial charge in [0.05, 0.1) is 6.54 Å². The Kier molecular flexibility index (Phi) is 8.21. The second-order valence-electron chi connectivity index (χ2n) is 7.65. The number of likely N-dealkylation sites (N-methyl/N-ethyl adjacent to an activating group) is 1. The van der Waals surface area contributed by atoms with Crippen molar-refractivity contribution in [1.29, 1.82) is 0 Å². The van der Waals surface area contributed by atoms with E-state index in [0.29, 0.717) is 11.4 Å². The number of amides is 2. The number of para-hydroxylation sites is 1. The second kappa shape index (κ2) is 11.3. The Bertz CT molecular complexity index is 928. The molecule has 0 aliphatic heterocycles. The molecule has 0 saturated heterocycles. The number of ether oxygens (including phenoxy) is 2. The van der Waals surface area contributed by atoms with Crippen LogP contribution in [0.3, 0.4) is 0 Å². The summed E-state index contributed by atoms with van der Waals surface area (Å²) in [6.07, 6.45) is 3.91. The predicted octanol–water partition coefficient (Wildman–Crippen LogP) is 2.51. The Hall–Kier alpha value is -3.39. The van der Waals surface area contributed by atoms with Crippen LogP contribution in [0.2, 0.25) is 0 Å². The number of nitrogens with zero attached hydrogens (tertiary/aromatic N) is 2. The Morgan fingerprint density at radius 1 is 0.969 bits per heavy atom. The first kappa shape index (κ1) is 23.3. The van der Waals surface area contributed by atoms with Gasteiger partial charge >= 0.3 is 5.97 Å². The highest BCUT2D eigenvalue weighted by molar-refractivity contribution is 6.04. The van der Waals surface area contributed by atoms with E-state index in [-0.39, 0.29) is 31.7 Å². The molecular formula is C24H29N3O5. The van der Waals surface area contributed by atoms with Gasteiger partial charge in [0.25, 0.3) is 0 Å². The molecule has 32 heavy (non-hydrogen) atoms. The number of hydrogen-bond acceptors (Lipinski definition) is 6. The van der Waals surface area contributed by atoms with Crippen molar-refractivity contribution in [3.63, 3.8) is 0 Å². The fourth-order valence-corrected chi connectivity index (χ4v) is 3.58. The van der Waals surface area contributed by atoms with Crippen molar-refractivity contribution in [2.24, 2.45) is 5.73 Å². The van der Waals surface area contributed by atoms with E-state index in [0.717, 1.165) is 31.4 Å². The summed E-state index contributed by atoms with van der Waals surface area (Å²) >= 11 is 0. The highest BCUT2D eigenvalue weighted by Gasteiger charge is 2.22. The fourth-order valence-electron chi connectivity index (χ4n) is 3.58. The maximum atomic E-state index is 12.8. The molecule has 0 spiro atoms. The van der Waals surface area contributed by atoms with E-state index in [1.54, 1.807) is 31.3 Å². The van der Waals surface area contributed by atoms with E-state index in [1.807, 2.05) is 30.3 Å². The molecule has 1 aliphatic rings. The molecule has 8 heteroatoms. The minimum atomic E-state index is -0.420. The second-order valence-corrected chi connectivity index (χ2v) is 7.65. The molecule has 1 fully saturated rings. The lowest BCUT2D eigenvalue weighted by Gasteiger charge is -2.25. The zero-order valence-electron chi connectivity index (χ0n) is 18.2. The van der Waals surface area contributed by atoms with Crippen LogP contribution in [0, 0.1) is 0 Å². The largest absolute Gasteiger partial charge is 0.482 e. The first-order chi connectivity index (χ1) is 15.5. The molecule has 2 amide bonds. The maximum Gasteiger partial charge on any atom is 0.344 e. The maximum absolute atomic E-state index is 12.8. The van der Waals surface area contributed by atoms with Crippen LogP contribution in [0.25, 0.3) is 0 Å². The van der Waals surface area contributed by atoms with Crippen molar-refractivity contribution in [2.45, 2.75) is 31.8 Å². The van der Waals surface area contributed by atoms with Gasteiger partial charge < -0.3 is 25.0 Å². The van der Waals surface area contributed by atoms with Gasteiger partial charge in [0, 0.05) is 24.5 Å². The van der Waals surface area contributed by atoms with Crippen molar-refractivity contribution >= 4 is 29.2 Å². The lowest BCUT2D eigenvalue weighted by Crippen LogP contribution is -2.44. The van der Waals surface area contributed by atoms with Crippen molar-refractivity contribution in [1.82, 2.24) is 0 Å². The molecule has 0 unspecified atom stereocenters. The van der Waals surface area contributed by atoms with Gasteiger partial charge in [0.1, 0.15) is 18.4 Å². The van der Waals surface area contributed by atoms with Gasteiger partial charge in [-0.25, -0.2) is 4.79 Å². The Labute approximate surface area is 187 Å². The van der Waals surface area contributed by atoms with Gasteiger partial charge in [-0.05, 0) is 49.9 Å². The zero-order chi connectivity index (χ0) is 22.9. The highest BCUT2D eigenvalue weighted by atomic mass is 16.6. The third kappa shape index (κ3) is 6.31. The molecule has 0 heterocycles. The molecule has 2 aromatic rings. The Morgan fingerprint density at radius 3 is 2.34 bits per heavy atom. The molecular weight excluding hydrogens is 410 g/mol. The molecule has 3 rings (SSSR count). The monoisotopic (exact) mass is 439 g/mol. The summed E-state index contributed by atoms with van der Waals surface area (Å²) in [5, 5.41) is 0. The number of benzene rings is 2.